The largest absolute Gasteiger partial charge is 0.461 e. The first kappa shape index (κ1) is 24.7. The number of anilines is 1. The Hall–Kier alpha value is -3.97. The van der Waals surface area contributed by atoms with Crippen LogP contribution in [-0.2, 0) is 23.6 Å². The molecule has 0 saturated heterocycles. The number of carbonyl (C=O) groups excluding carboxylic acids is 2. The third-order valence-corrected chi connectivity index (χ3v) is 4.33. The van der Waals surface area contributed by atoms with Crippen molar-refractivity contribution in [3.05, 3.63) is 70.8 Å². The fourth-order valence-corrected chi connectivity index (χ4v) is 2.78. The van der Waals surface area contributed by atoms with Gasteiger partial charge in [0, 0.05) is 11.9 Å². The quantitative estimate of drug-likeness (QED) is 0.414. The molecule has 180 valence electrons. The van der Waals surface area contributed by atoms with E-state index in [1.807, 2.05) is 0 Å². The molecule has 0 spiro atoms. The molecule has 0 unspecified atom stereocenters. The second kappa shape index (κ2) is 9.49. The average Bonchev–Trinajstić information content (AvgIpc) is 3.18. The number of hydrogen-bond donors (Lipinski definition) is 1. The number of nitrogens with zero attached hydrogens (tertiary/aromatic N) is 4. The molecule has 3 rings (SSSR count). The molecule has 1 N–H and O–H groups in total. The summed E-state index contributed by atoms with van der Waals surface area (Å²) in [6.45, 7) is 0.939. The molecular formula is C20H15F6N5O3. The Kier molecular flexibility index (Phi) is 6.88. The first-order valence-electron chi connectivity index (χ1n) is 9.51. The molecule has 3 aromatic rings. The van der Waals surface area contributed by atoms with Gasteiger partial charge >= 0.3 is 18.3 Å². The number of pyridine rings is 1. The zero-order valence-electron chi connectivity index (χ0n) is 17.2. The molecule has 8 nitrogen and oxygen atoms in total. The number of esters is 1. The van der Waals surface area contributed by atoms with E-state index in [1.54, 1.807) is 0 Å². The molecule has 34 heavy (non-hydrogen) atoms. The smallest absolute Gasteiger partial charge is 0.437 e. The summed E-state index contributed by atoms with van der Waals surface area (Å²) >= 11 is 0. The minimum Gasteiger partial charge on any atom is -0.461 e. The van der Waals surface area contributed by atoms with Crippen molar-refractivity contribution in [2.45, 2.75) is 25.8 Å². The van der Waals surface area contributed by atoms with Gasteiger partial charge in [0.15, 0.2) is 5.69 Å². The van der Waals surface area contributed by atoms with E-state index < -0.39 is 41.2 Å². The Bertz CT molecular complexity index is 1170. The minimum atomic E-state index is -4.93. The third-order valence-electron chi connectivity index (χ3n) is 4.33. The lowest BCUT2D eigenvalue weighted by Gasteiger charge is -2.10. The molecule has 14 heteroatoms. The molecule has 0 aliphatic carbocycles. The Labute approximate surface area is 187 Å². The number of alkyl halides is 6. The zero-order chi connectivity index (χ0) is 25.1. The SMILES string of the molecule is CCOC(=O)c1c(C(F)(F)F)nnn1Cc1ccc(C(=O)Nc2ccc(C(F)(F)F)cc2)nc1. The fourth-order valence-electron chi connectivity index (χ4n) is 2.78. The number of aromatic nitrogens is 4. The highest BCUT2D eigenvalue weighted by Gasteiger charge is 2.41. The summed E-state index contributed by atoms with van der Waals surface area (Å²) in [4.78, 5) is 28.2. The fraction of sp³-hybridized carbons (Fsp3) is 0.250. The van der Waals surface area contributed by atoms with Gasteiger partial charge in [-0.15, -0.1) is 5.10 Å². The van der Waals surface area contributed by atoms with E-state index in [-0.39, 0.29) is 30.1 Å². The van der Waals surface area contributed by atoms with Crippen LogP contribution >= 0.6 is 0 Å². The number of nitrogens with one attached hydrogen (secondary N) is 1. The molecule has 0 fully saturated rings. The van der Waals surface area contributed by atoms with E-state index in [1.165, 1.54) is 25.3 Å². The number of carbonyl (C=O) groups is 2. The van der Waals surface area contributed by atoms with E-state index in [9.17, 15) is 35.9 Å². The van der Waals surface area contributed by atoms with E-state index in [2.05, 4.69) is 25.3 Å². The average molecular weight is 487 g/mol. The van der Waals surface area contributed by atoms with Gasteiger partial charge in [-0.3, -0.25) is 9.78 Å². The van der Waals surface area contributed by atoms with Crippen LogP contribution in [0.4, 0.5) is 32.0 Å². The van der Waals surface area contributed by atoms with Crippen molar-refractivity contribution in [2.75, 3.05) is 11.9 Å². The van der Waals surface area contributed by atoms with Crippen LogP contribution < -0.4 is 5.32 Å². The summed E-state index contributed by atoms with van der Waals surface area (Å²) in [5.41, 5.74) is -2.97. The molecule has 0 aliphatic rings. The molecule has 0 atom stereocenters. The van der Waals surface area contributed by atoms with Crippen LogP contribution in [0.5, 0.6) is 0 Å². The summed E-state index contributed by atoms with van der Waals surface area (Å²) in [5, 5.41) is 8.79. The highest BCUT2D eigenvalue weighted by molar-refractivity contribution is 6.02. The van der Waals surface area contributed by atoms with Gasteiger partial charge in [0.25, 0.3) is 5.91 Å². The lowest BCUT2D eigenvalue weighted by molar-refractivity contribution is -0.142. The van der Waals surface area contributed by atoms with Gasteiger partial charge in [-0.25, -0.2) is 9.48 Å². The van der Waals surface area contributed by atoms with Gasteiger partial charge in [0.05, 0.1) is 18.7 Å². The van der Waals surface area contributed by atoms with Crippen LogP contribution in [0, 0.1) is 0 Å². The normalized spacial score (nSPS) is 11.9. The summed E-state index contributed by atoms with van der Waals surface area (Å²) in [6, 6.07) is 6.38. The molecule has 1 aromatic carbocycles. The van der Waals surface area contributed by atoms with Gasteiger partial charge in [-0.05, 0) is 42.8 Å². The Balaban J connectivity index is 1.74. The third kappa shape index (κ3) is 5.68. The number of hydrogen-bond acceptors (Lipinski definition) is 6. The van der Waals surface area contributed by atoms with Crippen LogP contribution in [0.3, 0.4) is 0 Å². The van der Waals surface area contributed by atoms with Crippen molar-refractivity contribution >= 4 is 17.6 Å². The lowest BCUT2D eigenvalue weighted by Crippen LogP contribution is -2.19. The molecular weight excluding hydrogens is 472 g/mol. The Morgan fingerprint density at radius 2 is 1.68 bits per heavy atom. The van der Waals surface area contributed by atoms with Crippen molar-refractivity contribution in [1.82, 2.24) is 20.0 Å². The standard InChI is InChI=1S/C20H15F6N5O3/c1-2-34-18(33)15-16(20(24,25)26)29-30-31(15)10-11-3-8-14(27-9-11)17(32)28-13-6-4-12(5-7-13)19(21,22)23/h3-9H,2,10H2,1H3,(H,28,32). The second-order valence-electron chi connectivity index (χ2n) is 6.74. The predicted octanol–water partition coefficient (Wildman–Crippen LogP) is 4.19. The Morgan fingerprint density at radius 3 is 2.21 bits per heavy atom. The van der Waals surface area contributed by atoms with Gasteiger partial charge < -0.3 is 10.1 Å². The van der Waals surface area contributed by atoms with Crippen LogP contribution in [0.25, 0.3) is 0 Å². The maximum Gasteiger partial charge on any atom is 0.437 e. The van der Waals surface area contributed by atoms with E-state index in [0.717, 1.165) is 24.3 Å². The van der Waals surface area contributed by atoms with Crippen LogP contribution in [-0.4, -0.2) is 38.5 Å². The highest BCUT2D eigenvalue weighted by Crippen LogP contribution is 2.31. The number of halogens is 6. The molecule has 2 aromatic heterocycles. The molecule has 0 aliphatic heterocycles. The summed E-state index contributed by atoms with van der Waals surface area (Å²) in [5.74, 6) is -1.97. The summed E-state index contributed by atoms with van der Waals surface area (Å²) in [6.07, 6.45) is -8.28. The predicted molar refractivity (Wildman–Crippen MR) is 104 cm³/mol. The zero-order valence-corrected chi connectivity index (χ0v) is 17.2. The van der Waals surface area contributed by atoms with E-state index in [0.29, 0.717) is 4.68 Å². The molecule has 1 amide bonds. The number of amides is 1. The van der Waals surface area contributed by atoms with Gasteiger partial charge in [0.1, 0.15) is 5.69 Å². The van der Waals surface area contributed by atoms with Crippen LogP contribution in [0.1, 0.15) is 44.7 Å². The maximum absolute atomic E-state index is 13.2. The highest BCUT2D eigenvalue weighted by atomic mass is 19.4. The minimum absolute atomic E-state index is 0.102. The van der Waals surface area contributed by atoms with Crippen molar-refractivity contribution in [3.63, 3.8) is 0 Å². The summed E-state index contributed by atoms with van der Waals surface area (Å²) in [7, 11) is 0. The molecule has 2 heterocycles. The van der Waals surface area contributed by atoms with E-state index in [4.69, 9.17) is 0 Å². The number of ether oxygens (including phenoxy) is 1. The monoisotopic (exact) mass is 487 g/mol. The van der Waals surface area contributed by atoms with Crippen molar-refractivity contribution < 1.29 is 40.7 Å². The van der Waals surface area contributed by atoms with Crippen molar-refractivity contribution in [1.29, 1.82) is 0 Å². The van der Waals surface area contributed by atoms with Gasteiger partial charge in [0.2, 0.25) is 5.69 Å². The first-order chi connectivity index (χ1) is 15.9. The number of benzene rings is 1. The van der Waals surface area contributed by atoms with Gasteiger partial charge in [-0.1, -0.05) is 11.3 Å². The Morgan fingerprint density at radius 1 is 1.00 bits per heavy atom. The topological polar surface area (TPSA) is 99.0 Å². The molecule has 0 saturated carbocycles. The number of rotatable bonds is 6. The molecule has 0 bridgehead atoms. The van der Waals surface area contributed by atoms with E-state index >= 15 is 0 Å². The van der Waals surface area contributed by atoms with Crippen LogP contribution in [0.15, 0.2) is 42.6 Å². The molecule has 0 radical (unpaired) electrons. The maximum atomic E-state index is 13.2. The first-order valence-corrected chi connectivity index (χ1v) is 9.51. The second-order valence-corrected chi connectivity index (χ2v) is 6.74. The van der Waals surface area contributed by atoms with Crippen LogP contribution in [0.2, 0.25) is 0 Å². The van der Waals surface area contributed by atoms with Crippen molar-refractivity contribution in [3.8, 4) is 0 Å². The summed E-state index contributed by atoms with van der Waals surface area (Å²) < 4.78 is 82.7. The lowest BCUT2D eigenvalue weighted by atomic mass is 10.2. The van der Waals surface area contributed by atoms with Gasteiger partial charge in [-0.2, -0.15) is 26.3 Å². The van der Waals surface area contributed by atoms with Crippen molar-refractivity contribution in [2.24, 2.45) is 0 Å².